The minimum Gasteiger partial charge on any atom is -0.462 e. The lowest BCUT2D eigenvalue weighted by molar-refractivity contribution is -0.152. The van der Waals surface area contributed by atoms with Gasteiger partial charge in [-0.05, 0) is 116 Å². The molecule has 4 nitrogen and oxygen atoms in total. The van der Waals surface area contributed by atoms with E-state index in [0.29, 0.717) is 5.41 Å². The lowest BCUT2D eigenvalue weighted by Crippen LogP contribution is -2.51. The number of carbonyl (C=O) groups excluding carboxylic acids is 2. The molecule has 0 spiro atoms. The number of anilines is 1. The number of amides is 1. The Morgan fingerprint density at radius 1 is 0.953 bits per heavy atom. The van der Waals surface area contributed by atoms with Crippen LogP contribution in [0, 0.1) is 52.3 Å². The van der Waals surface area contributed by atoms with E-state index in [4.69, 9.17) is 4.74 Å². The van der Waals surface area contributed by atoms with Crippen molar-refractivity contribution in [2.24, 2.45) is 52.3 Å². The van der Waals surface area contributed by atoms with Crippen LogP contribution in [0.4, 0.5) is 5.69 Å². The number of ether oxygens (including phenoxy) is 1. The second-order valence-electron chi connectivity index (χ2n) is 15.7. The van der Waals surface area contributed by atoms with Gasteiger partial charge in [0.05, 0.1) is 6.42 Å². The van der Waals surface area contributed by atoms with Crippen molar-refractivity contribution in [3.63, 3.8) is 0 Å². The van der Waals surface area contributed by atoms with Gasteiger partial charge in [-0.1, -0.05) is 84.2 Å². The molecular weight excluding hydrogens is 530 g/mol. The Hall–Kier alpha value is -2.10. The molecule has 1 aromatic rings. The molecule has 3 saturated carbocycles. The van der Waals surface area contributed by atoms with E-state index in [1.165, 1.54) is 51.4 Å². The minimum absolute atomic E-state index is 0.0519. The van der Waals surface area contributed by atoms with E-state index in [1.54, 1.807) is 5.57 Å². The Balaban J connectivity index is 1.15. The summed E-state index contributed by atoms with van der Waals surface area (Å²) in [7, 11) is 0. The Morgan fingerprint density at radius 2 is 1.72 bits per heavy atom. The number of benzene rings is 1. The van der Waals surface area contributed by atoms with Crippen LogP contribution in [0.5, 0.6) is 0 Å². The van der Waals surface area contributed by atoms with Crippen LogP contribution in [-0.4, -0.2) is 18.0 Å². The van der Waals surface area contributed by atoms with Gasteiger partial charge in [0, 0.05) is 18.5 Å². The Labute approximate surface area is 262 Å². The maximum absolute atomic E-state index is 12.7. The molecule has 0 heterocycles. The molecule has 1 aromatic carbocycles. The van der Waals surface area contributed by atoms with Crippen molar-refractivity contribution in [3.8, 4) is 0 Å². The van der Waals surface area contributed by atoms with Crippen molar-refractivity contribution in [1.82, 2.24) is 0 Å². The number of para-hydroxylation sites is 1. The summed E-state index contributed by atoms with van der Waals surface area (Å²) in [5, 5.41) is 2.86. The van der Waals surface area contributed by atoms with Crippen molar-refractivity contribution in [2.75, 3.05) is 5.32 Å². The fraction of sp³-hybridized carbons (Fsp3) is 0.744. The zero-order valence-corrected chi connectivity index (χ0v) is 28.0. The summed E-state index contributed by atoms with van der Waals surface area (Å²) in [5.74, 6) is 5.43. The van der Waals surface area contributed by atoms with Crippen LogP contribution in [0.1, 0.15) is 125 Å². The van der Waals surface area contributed by atoms with Gasteiger partial charge in [-0.2, -0.15) is 0 Å². The molecule has 1 N–H and O–H groups in total. The van der Waals surface area contributed by atoms with Crippen molar-refractivity contribution in [2.45, 2.75) is 131 Å². The number of fused-ring (bicyclic) bond motifs is 5. The van der Waals surface area contributed by atoms with Crippen molar-refractivity contribution in [1.29, 1.82) is 0 Å². The van der Waals surface area contributed by atoms with Gasteiger partial charge in [-0.25, -0.2) is 0 Å². The first kappa shape index (κ1) is 32.3. The molecule has 238 valence electrons. The first-order valence-corrected chi connectivity index (χ1v) is 17.8. The zero-order chi connectivity index (χ0) is 30.8. The van der Waals surface area contributed by atoms with Crippen molar-refractivity contribution in [3.05, 3.63) is 42.0 Å². The molecule has 5 rings (SSSR count). The number of allylic oxidation sites excluding steroid dienone is 1. The van der Waals surface area contributed by atoms with Crippen molar-refractivity contribution >= 4 is 17.6 Å². The molecule has 4 heteroatoms. The third-order valence-electron chi connectivity index (χ3n) is 13.2. The van der Waals surface area contributed by atoms with Gasteiger partial charge in [0.15, 0.2) is 0 Å². The van der Waals surface area contributed by atoms with Gasteiger partial charge >= 0.3 is 5.97 Å². The second kappa shape index (κ2) is 13.5. The van der Waals surface area contributed by atoms with E-state index in [0.717, 1.165) is 66.4 Å². The van der Waals surface area contributed by atoms with Gasteiger partial charge in [0.1, 0.15) is 6.10 Å². The average Bonchev–Trinajstić information content (AvgIpc) is 3.34. The number of rotatable bonds is 11. The van der Waals surface area contributed by atoms with Crippen molar-refractivity contribution < 1.29 is 14.3 Å². The fourth-order valence-electron chi connectivity index (χ4n) is 10.6. The Kier molecular flexibility index (Phi) is 10.1. The normalized spacial score (nSPS) is 34.8. The SMILES string of the molecule is CC[C@H](CC[C@@H](C)[C@H]1CC[C@H]2[C@@H]3CC=C4C[C@@H](OC(=O)CCC(=O)Nc5ccccc5)CC[C@]4(C)[C@H]3CC[C@]12C)C(C)C. The minimum atomic E-state index is -0.246. The molecule has 9 atom stereocenters. The topological polar surface area (TPSA) is 55.4 Å². The Bertz CT molecular complexity index is 1140. The fourth-order valence-corrected chi connectivity index (χ4v) is 10.6. The summed E-state index contributed by atoms with van der Waals surface area (Å²) in [4.78, 5) is 25.0. The predicted molar refractivity (Wildman–Crippen MR) is 176 cm³/mol. The van der Waals surface area contributed by atoms with Gasteiger partial charge in [-0.15, -0.1) is 0 Å². The van der Waals surface area contributed by atoms with E-state index in [-0.39, 0.29) is 36.2 Å². The smallest absolute Gasteiger partial charge is 0.306 e. The van der Waals surface area contributed by atoms with Crippen LogP contribution in [-0.2, 0) is 14.3 Å². The largest absolute Gasteiger partial charge is 0.462 e. The molecule has 1 amide bonds. The summed E-state index contributed by atoms with van der Waals surface area (Å²) in [6, 6.07) is 9.39. The zero-order valence-electron chi connectivity index (χ0n) is 28.0. The molecule has 0 radical (unpaired) electrons. The van der Waals surface area contributed by atoms with Crippen LogP contribution in [0.2, 0.25) is 0 Å². The van der Waals surface area contributed by atoms with Crippen LogP contribution in [0.25, 0.3) is 0 Å². The number of hydrogen-bond donors (Lipinski definition) is 1. The predicted octanol–water partition coefficient (Wildman–Crippen LogP) is 9.99. The lowest BCUT2D eigenvalue weighted by atomic mass is 9.47. The molecule has 0 bridgehead atoms. The first-order chi connectivity index (χ1) is 20.5. The van der Waals surface area contributed by atoms with Gasteiger partial charge in [-0.3, -0.25) is 9.59 Å². The molecule has 0 aliphatic heterocycles. The standard InChI is InChI=1S/C39H59NO3/c1-7-28(26(2)3)14-13-27(4)33-17-18-34-32-16-15-29-25-31(21-23-38(29,5)35(32)22-24-39(33,34)6)43-37(42)20-19-36(41)40-30-11-9-8-10-12-30/h8-12,15,26-28,31-35H,7,13-14,16-25H2,1-6H3,(H,40,41)/t27-,28-,31+,32+,33-,34+,35+,38+,39-/m1/s1. The summed E-state index contributed by atoms with van der Waals surface area (Å²) in [6.07, 6.45) is 16.7. The lowest BCUT2D eigenvalue weighted by Gasteiger charge is -2.58. The summed E-state index contributed by atoms with van der Waals surface area (Å²) >= 11 is 0. The monoisotopic (exact) mass is 589 g/mol. The van der Waals surface area contributed by atoms with E-state index in [1.807, 2.05) is 30.3 Å². The second-order valence-corrected chi connectivity index (χ2v) is 15.7. The molecule has 4 aliphatic carbocycles. The molecule has 0 unspecified atom stereocenters. The van der Waals surface area contributed by atoms with Gasteiger partial charge in [0.2, 0.25) is 5.91 Å². The van der Waals surface area contributed by atoms with Crippen LogP contribution in [0.15, 0.2) is 42.0 Å². The average molecular weight is 590 g/mol. The Morgan fingerprint density at radius 3 is 2.44 bits per heavy atom. The highest BCUT2D eigenvalue weighted by molar-refractivity contribution is 5.92. The highest BCUT2D eigenvalue weighted by atomic mass is 16.5. The van der Waals surface area contributed by atoms with Crippen LogP contribution < -0.4 is 5.32 Å². The summed E-state index contributed by atoms with van der Waals surface area (Å²) in [5.41, 5.74) is 3.05. The molecule has 4 aliphatic rings. The van der Waals surface area contributed by atoms with Gasteiger partial charge in [0.25, 0.3) is 0 Å². The maximum atomic E-state index is 12.7. The molecular formula is C39H59NO3. The van der Waals surface area contributed by atoms with Gasteiger partial charge < -0.3 is 10.1 Å². The number of hydrogen-bond acceptors (Lipinski definition) is 3. The third kappa shape index (κ3) is 6.79. The molecule has 3 fully saturated rings. The quantitative estimate of drug-likeness (QED) is 0.206. The summed E-state index contributed by atoms with van der Waals surface area (Å²) in [6.45, 7) is 15.0. The number of nitrogens with one attached hydrogen (secondary N) is 1. The number of carbonyl (C=O) groups is 2. The summed E-state index contributed by atoms with van der Waals surface area (Å²) < 4.78 is 5.95. The molecule has 43 heavy (non-hydrogen) atoms. The van der Waals surface area contributed by atoms with E-state index in [9.17, 15) is 9.59 Å². The maximum Gasteiger partial charge on any atom is 0.306 e. The van der Waals surface area contributed by atoms with E-state index < -0.39 is 0 Å². The molecule has 0 aromatic heterocycles. The molecule has 0 saturated heterocycles. The highest BCUT2D eigenvalue weighted by Crippen LogP contribution is 2.67. The third-order valence-corrected chi connectivity index (χ3v) is 13.2. The number of esters is 1. The van der Waals surface area contributed by atoms with Crippen LogP contribution in [0.3, 0.4) is 0 Å². The first-order valence-electron chi connectivity index (χ1n) is 17.8. The highest BCUT2D eigenvalue weighted by Gasteiger charge is 2.59. The van der Waals surface area contributed by atoms with Crippen LogP contribution >= 0.6 is 0 Å². The van der Waals surface area contributed by atoms with E-state index >= 15 is 0 Å². The van der Waals surface area contributed by atoms with E-state index in [2.05, 4.69) is 52.9 Å².